The zero-order valence-corrected chi connectivity index (χ0v) is 17.4. The number of aromatic nitrogens is 4. The van der Waals surface area contributed by atoms with Gasteiger partial charge in [-0.25, -0.2) is 15.0 Å². The molecule has 4 aromatic rings. The maximum atomic E-state index is 13.7. The highest BCUT2D eigenvalue weighted by Crippen LogP contribution is 2.37. The van der Waals surface area contributed by atoms with E-state index in [1.54, 1.807) is 0 Å². The third kappa shape index (κ3) is 5.15. The second-order valence-corrected chi connectivity index (χ2v) is 7.35. The van der Waals surface area contributed by atoms with Crippen LogP contribution in [0.15, 0.2) is 55.0 Å². The fourth-order valence-corrected chi connectivity index (χ4v) is 3.24. The first-order chi connectivity index (χ1) is 16.5. The topological polar surface area (TPSA) is 104 Å². The van der Waals surface area contributed by atoms with Crippen LogP contribution >= 0.6 is 0 Å². The number of pyridine rings is 2. The first kappa shape index (κ1) is 24.3. The summed E-state index contributed by atoms with van der Waals surface area (Å²) in [5, 5.41) is 21.8. The van der Waals surface area contributed by atoms with Crippen LogP contribution in [0.3, 0.4) is 0 Å². The zero-order chi connectivity index (χ0) is 25.4. The summed E-state index contributed by atoms with van der Waals surface area (Å²) in [4.78, 5) is 16.0. The monoisotopic (exact) mass is 495 g/mol. The van der Waals surface area contributed by atoms with E-state index in [9.17, 15) is 31.4 Å². The molecule has 35 heavy (non-hydrogen) atoms. The average Bonchev–Trinajstić information content (AvgIpc) is 2.82. The number of nitrogens with zero attached hydrogens (tertiary/aromatic N) is 4. The molecular weight excluding hydrogens is 480 g/mol. The van der Waals surface area contributed by atoms with Gasteiger partial charge in [0.25, 0.3) is 0 Å². The Kier molecular flexibility index (Phi) is 6.30. The Labute approximate surface area is 193 Å². The predicted octanol–water partition coefficient (Wildman–Crippen LogP) is 4.89. The molecule has 1 atom stereocenters. The molecule has 0 saturated heterocycles. The van der Waals surface area contributed by atoms with Gasteiger partial charge in [-0.2, -0.15) is 26.3 Å². The lowest BCUT2D eigenvalue weighted by Crippen LogP contribution is -2.12. The highest BCUT2D eigenvalue weighted by molar-refractivity contribution is 5.89. The molecule has 0 aliphatic carbocycles. The number of hydrogen-bond donors (Lipinski definition) is 3. The van der Waals surface area contributed by atoms with Crippen LogP contribution in [-0.4, -0.2) is 36.8 Å². The fraction of sp³-hybridized carbons (Fsp3) is 0.182. The van der Waals surface area contributed by atoms with E-state index >= 15 is 0 Å². The summed E-state index contributed by atoms with van der Waals surface area (Å²) < 4.78 is 79.4. The van der Waals surface area contributed by atoms with Gasteiger partial charge >= 0.3 is 12.4 Å². The number of nitrogens with one attached hydrogen (secondary N) is 1. The van der Waals surface area contributed by atoms with Gasteiger partial charge < -0.3 is 15.5 Å². The smallest absolute Gasteiger partial charge is 0.393 e. The molecule has 0 fully saturated rings. The Bertz CT molecular complexity index is 1360. The number of benzene rings is 1. The minimum absolute atomic E-state index is 0.0151. The number of alkyl halides is 6. The van der Waals surface area contributed by atoms with E-state index in [0.29, 0.717) is 17.1 Å². The lowest BCUT2D eigenvalue weighted by Gasteiger charge is -2.15. The summed E-state index contributed by atoms with van der Waals surface area (Å²) in [5.74, 6) is 0.180. The van der Waals surface area contributed by atoms with Crippen molar-refractivity contribution in [2.45, 2.75) is 18.5 Å². The Morgan fingerprint density at radius 2 is 1.60 bits per heavy atom. The molecule has 0 saturated carbocycles. The highest BCUT2D eigenvalue weighted by Gasteiger charge is 2.36. The van der Waals surface area contributed by atoms with Gasteiger partial charge in [0, 0.05) is 17.4 Å². The lowest BCUT2D eigenvalue weighted by molar-refractivity contribution is -0.138. The standard InChI is InChI=1S/C22H15F6N5O2/c23-21(24,25)12-1-3-13(4-2-12)32-19-14-5-6-16(33-20(14)31-10-30-19)18-15(22(26,27)28)7-11(8-29-18)17(35)9-34/h1-8,10,17,34-35H,9H2,(H,30,31,32,33). The maximum Gasteiger partial charge on any atom is 0.418 e. The quantitative estimate of drug-likeness (QED) is 0.339. The first-order valence-corrected chi connectivity index (χ1v) is 9.90. The van der Waals surface area contributed by atoms with E-state index in [1.807, 2.05) is 0 Å². The van der Waals surface area contributed by atoms with Crippen molar-refractivity contribution in [1.82, 2.24) is 19.9 Å². The van der Waals surface area contributed by atoms with Gasteiger partial charge in [0.05, 0.1) is 28.8 Å². The summed E-state index contributed by atoms with van der Waals surface area (Å²) in [6, 6.07) is 7.56. The molecule has 3 heterocycles. The summed E-state index contributed by atoms with van der Waals surface area (Å²) in [6.45, 7) is -0.780. The van der Waals surface area contributed by atoms with Crippen molar-refractivity contribution in [3.8, 4) is 11.4 Å². The summed E-state index contributed by atoms with van der Waals surface area (Å²) in [5.41, 5.74) is -2.56. The van der Waals surface area contributed by atoms with Gasteiger partial charge in [-0.3, -0.25) is 4.98 Å². The van der Waals surface area contributed by atoms with Crippen molar-refractivity contribution in [3.05, 3.63) is 71.7 Å². The van der Waals surface area contributed by atoms with Crippen molar-refractivity contribution in [1.29, 1.82) is 0 Å². The number of aliphatic hydroxyl groups is 2. The molecule has 7 nitrogen and oxygen atoms in total. The number of fused-ring (bicyclic) bond motifs is 1. The van der Waals surface area contributed by atoms with Crippen LogP contribution in [0.25, 0.3) is 22.4 Å². The lowest BCUT2D eigenvalue weighted by atomic mass is 10.0. The minimum Gasteiger partial charge on any atom is -0.393 e. The SMILES string of the molecule is OCC(O)c1cnc(-c2ccc3c(Nc4ccc(C(F)(F)F)cc4)ncnc3n2)c(C(F)(F)F)c1. The molecule has 3 N–H and O–H groups in total. The zero-order valence-electron chi connectivity index (χ0n) is 17.4. The van der Waals surface area contributed by atoms with Crippen LogP contribution in [0, 0.1) is 0 Å². The van der Waals surface area contributed by atoms with Crippen molar-refractivity contribution >= 4 is 22.5 Å². The largest absolute Gasteiger partial charge is 0.418 e. The summed E-state index contributed by atoms with van der Waals surface area (Å²) in [7, 11) is 0. The minimum atomic E-state index is -4.83. The molecule has 0 radical (unpaired) electrons. The number of anilines is 2. The van der Waals surface area contributed by atoms with E-state index in [0.717, 1.165) is 24.7 Å². The van der Waals surface area contributed by atoms with E-state index in [-0.39, 0.29) is 22.7 Å². The van der Waals surface area contributed by atoms with Crippen molar-refractivity contribution in [2.24, 2.45) is 0 Å². The van der Waals surface area contributed by atoms with Gasteiger partial charge in [0.2, 0.25) is 0 Å². The summed E-state index contributed by atoms with van der Waals surface area (Å²) >= 11 is 0. The van der Waals surface area contributed by atoms with Crippen LogP contribution in [0.4, 0.5) is 37.8 Å². The normalized spacial score (nSPS) is 13.1. The first-order valence-electron chi connectivity index (χ1n) is 9.90. The Hall–Kier alpha value is -3.84. The number of halogens is 6. The fourth-order valence-electron chi connectivity index (χ4n) is 3.24. The summed E-state index contributed by atoms with van der Waals surface area (Å²) in [6.07, 6.45) is -8.74. The third-order valence-corrected chi connectivity index (χ3v) is 4.99. The molecular formula is C22H15F6N5O2. The van der Waals surface area contributed by atoms with Crippen LogP contribution in [-0.2, 0) is 12.4 Å². The van der Waals surface area contributed by atoms with Gasteiger partial charge in [-0.05, 0) is 42.5 Å². The molecule has 0 bridgehead atoms. The van der Waals surface area contributed by atoms with Crippen molar-refractivity contribution < 1.29 is 36.6 Å². The number of aliphatic hydroxyl groups excluding tert-OH is 2. The molecule has 0 aliphatic rings. The second-order valence-electron chi connectivity index (χ2n) is 7.35. The van der Waals surface area contributed by atoms with Crippen molar-refractivity contribution in [3.63, 3.8) is 0 Å². The predicted molar refractivity (Wildman–Crippen MR) is 112 cm³/mol. The molecule has 13 heteroatoms. The Balaban J connectivity index is 1.72. The van der Waals surface area contributed by atoms with Gasteiger partial charge in [0.15, 0.2) is 5.65 Å². The van der Waals surface area contributed by atoms with Crippen LogP contribution in [0.5, 0.6) is 0 Å². The molecule has 1 aromatic carbocycles. The van der Waals surface area contributed by atoms with E-state index in [4.69, 9.17) is 5.11 Å². The van der Waals surface area contributed by atoms with Gasteiger partial charge in [0.1, 0.15) is 23.9 Å². The van der Waals surface area contributed by atoms with Crippen LogP contribution in [0.2, 0.25) is 0 Å². The molecule has 0 spiro atoms. The molecule has 0 amide bonds. The highest BCUT2D eigenvalue weighted by atomic mass is 19.4. The van der Waals surface area contributed by atoms with Gasteiger partial charge in [-0.1, -0.05) is 0 Å². The van der Waals surface area contributed by atoms with Crippen LogP contribution < -0.4 is 5.32 Å². The van der Waals surface area contributed by atoms with E-state index < -0.39 is 41.9 Å². The number of rotatable bonds is 5. The third-order valence-electron chi connectivity index (χ3n) is 4.99. The van der Waals surface area contributed by atoms with Gasteiger partial charge in [-0.15, -0.1) is 0 Å². The van der Waals surface area contributed by atoms with Crippen molar-refractivity contribution in [2.75, 3.05) is 11.9 Å². The molecule has 1 unspecified atom stereocenters. The second kappa shape index (κ2) is 9.07. The Morgan fingerprint density at radius 1 is 0.886 bits per heavy atom. The van der Waals surface area contributed by atoms with E-state index in [1.165, 1.54) is 24.3 Å². The molecule has 3 aromatic heterocycles. The van der Waals surface area contributed by atoms with Crippen LogP contribution in [0.1, 0.15) is 22.8 Å². The Morgan fingerprint density at radius 3 is 2.23 bits per heavy atom. The maximum absolute atomic E-state index is 13.7. The molecule has 182 valence electrons. The average molecular weight is 495 g/mol. The number of hydrogen-bond acceptors (Lipinski definition) is 7. The van der Waals surface area contributed by atoms with E-state index in [2.05, 4.69) is 25.3 Å². The molecule has 4 rings (SSSR count). The molecule has 0 aliphatic heterocycles.